The van der Waals surface area contributed by atoms with Gasteiger partial charge in [-0.3, -0.25) is 9.59 Å². The molecule has 0 radical (unpaired) electrons. The molecule has 2 fully saturated rings. The summed E-state index contributed by atoms with van der Waals surface area (Å²) >= 11 is 0. The van der Waals surface area contributed by atoms with Gasteiger partial charge in [-0.25, -0.2) is 4.79 Å². The lowest BCUT2D eigenvalue weighted by Gasteiger charge is -2.38. The molecule has 2 heterocycles. The Labute approximate surface area is 157 Å². The molecule has 0 aromatic heterocycles. The van der Waals surface area contributed by atoms with Crippen LogP contribution < -0.4 is 0 Å². The molecular weight excluding hydrogens is 352 g/mol. The molecule has 4 atom stereocenters. The van der Waals surface area contributed by atoms with E-state index in [0.29, 0.717) is 5.56 Å². The van der Waals surface area contributed by atoms with Gasteiger partial charge in [0.15, 0.2) is 11.9 Å². The molecule has 1 aromatic carbocycles. The number of esters is 2. The van der Waals surface area contributed by atoms with E-state index in [-0.39, 0.29) is 6.61 Å². The number of rotatable bonds is 5. The van der Waals surface area contributed by atoms with Gasteiger partial charge in [0.05, 0.1) is 12.5 Å². The molecule has 3 rings (SSSR count). The SMILES string of the molecule is C=C[C@@H](c1ccccc1)[C@@]1(OC(C)=O)C(=O)C(=O)O[C@@H]1[C@@H]1COC(C)(C)O1. The van der Waals surface area contributed by atoms with E-state index in [1.807, 2.05) is 6.07 Å². The highest BCUT2D eigenvalue weighted by Crippen LogP contribution is 2.45. The summed E-state index contributed by atoms with van der Waals surface area (Å²) in [6.07, 6.45) is -0.459. The van der Waals surface area contributed by atoms with E-state index in [2.05, 4.69) is 6.58 Å². The number of hydrogen-bond acceptors (Lipinski definition) is 7. The zero-order chi connectivity index (χ0) is 19.8. The lowest BCUT2D eigenvalue weighted by molar-refractivity contribution is -0.190. The summed E-state index contributed by atoms with van der Waals surface area (Å²) in [6, 6.07) is 8.90. The molecule has 0 bridgehead atoms. The molecule has 0 amide bonds. The zero-order valence-corrected chi connectivity index (χ0v) is 15.5. The monoisotopic (exact) mass is 374 g/mol. The second kappa shape index (κ2) is 6.90. The molecule has 2 aliphatic heterocycles. The number of carbonyl (C=O) groups is 3. The second-order valence-corrected chi connectivity index (χ2v) is 7.03. The molecule has 0 aliphatic carbocycles. The predicted octanol–water partition coefficient (Wildman–Crippen LogP) is 1.90. The summed E-state index contributed by atoms with van der Waals surface area (Å²) in [5, 5.41) is 0. The summed E-state index contributed by atoms with van der Waals surface area (Å²) < 4.78 is 22.3. The van der Waals surface area contributed by atoms with Crippen LogP contribution in [0.1, 0.15) is 32.3 Å². The second-order valence-electron chi connectivity index (χ2n) is 7.03. The maximum atomic E-state index is 13.0. The highest BCUT2D eigenvalue weighted by molar-refractivity contribution is 6.39. The van der Waals surface area contributed by atoms with Crippen molar-refractivity contribution in [1.82, 2.24) is 0 Å². The molecule has 0 saturated carbocycles. The highest BCUT2D eigenvalue weighted by atomic mass is 16.8. The summed E-state index contributed by atoms with van der Waals surface area (Å²) in [5.74, 6) is -4.45. The average molecular weight is 374 g/mol. The Balaban J connectivity index is 2.13. The van der Waals surface area contributed by atoms with E-state index in [1.165, 1.54) is 13.0 Å². The van der Waals surface area contributed by atoms with Crippen LogP contribution in [0.3, 0.4) is 0 Å². The fourth-order valence-corrected chi connectivity index (χ4v) is 3.70. The van der Waals surface area contributed by atoms with Crippen LogP contribution in [0, 0.1) is 0 Å². The van der Waals surface area contributed by atoms with Gasteiger partial charge in [-0.05, 0) is 19.4 Å². The molecule has 27 heavy (non-hydrogen) atoms. The fourth-order valence-electron chi connectivity index (χ4n) is 3.70. The van der Waals surface area contributed by atoms with E-state index >= 15 is 0 Å². The lowest BCUT2D eigenvalue weighted by Crippen LogP contribution is -2.57. The minimum atomic E-state index is -1.92. The van der Waals surface area contributed by atoms with Crippen molar-refractivity contribution >= 4 is 17.7 Å². The normalized spacial score (nSPS) is 30.6. The van der Waals surface area contributed by atoms with Gasteiger partial charge in [0.1, 0.15) is 6.10 Å². The van der Waals surface area contributed by atoms with Crippen molar-refractivity contribution in [2.45, 2.75) is 50.3 Å². The maximum absolute atomic E-state index is 13.0. The smallest absolute Gasteiger partial charge is 0.379 e. The van der Waals surface area contributed by atoms with Gasteiger partial charge in [0.25, 0.3) is 5.78 Å². The van der Waals surface area contributed by atoms with Crippen LogP contribution in [0.2, 0.25) is 0 Å². The van der Waals surface area contributed by atoms with Crippen molar-refractivity contribution < 1.29 is 33.3 Å². The van der Waals surface area contributed by atoms with Crippen molar-refractivity contribution in [2.24, 2.45) is 0 Å². The number of Topliss-reactive ketones (excluding diaryl/α,β-unsaturated/α-hetero) is 1. The number of ketones is 1. The van der Waals surface area contributed by atoms with Gasteiger partial charge in [-0.15, -0.1) is 6.58 Å². The first-order chi connectivity index (χ1) is 12.7. The van der Waals surface area contributed by atoms with E-state index in [4.69, 9.17) is 18.9 Å². The first-order valence-corrected chi connectivity index (χ1v) is 8.65. The third kappa shape index (κ3) is 3.28. The molecule has 7 heteroatoms. The van der Waals surface area contributed by atoms with E-state index in [1.54, 1.807) is 38.1 Å². The minimum Gasteiger partial charge on any atom is -0.449 e. The molecular formula is C20H22O7. The van der Waals surface area contributed by atoms with Crippen molar-refractivity contribution in [3.63, 3.8) is 0 Å². The molecule has 0 spiro atoms. The van der Waals surface area contributed by atoms with Gasteiger partial charge in [-0.2, -0.15) is 0 Å². The Hall–Kier alpha value is -2.51. The van der Waals surface area contributed by atoms with Crippen molar-refractivity contribution in [3.8, 4) is 0 Å². The van der Waals surface area contributed by atoms with Crippen LogP contribution in [-0.4, -0.2) is 47.9 Å². The van der Waals surface area contributed by atoms with Gasteiger partial charge in [0.2, 0.25) is 5.60 Å². The summed E-state index contributed by atoms with van der Waals surface area (Å²) in [4.78, 5) is 37.2. The third-order valence-electron chi connectivity index (χ3n) is 4.73. The summed E-state index contributed by atoms with van der Waals surface area (Å²) in [5.41, 5.74) is -1.26. The number of hydrogen-bond donors (Lipinski definition) is 0. The van der Waals surface area contributed by atoms with Gasteiger partial charge < -0.3 is 18.9 Å². The first kappa shape index (κ1) is 19.3. The maximum Gasteiger partial charge on any atom is 0.379 e. The van der Waals surface area contributed by atoms with Crippen LogP contribution in [0.4, 0.5) is 0 Å². The number of benzene rings is 1. The Kier molecular flexibility index (Phi) is 4.92. The lowest BCUT2D eigenvalue weighted by atomic mass is 9.75. The number of ether oxygens (including phenoxy) is 4. The average Bonchev–Trinajstić information content (AvgIpc) is 3.08. The highest BCUT2D eigenvalue weighted by Gasteiger charge is 2.67. The van der Waals surface area contributed by atoms with Gasteiger partial charge in [0, 0.05) is 6.92 Å². The van der Waals surface area contributed by atoms with Crippen LogP contribution in [-0.2, 0) is 33.3 Å². The Morgan fingerprint density at radius 2 is 1.96 bits per heavy atom. The minimum absolute atomic E-state index is 0.0832. The molecule has 7 nitrogen and oxygen atoms in total. The molecule has 0 N–H and O–H groups in total. The van der Waals surface area contributed by atoms with Gasteiger partial charge >= 0.3 is 11.9 Å². The van der Waals surface area contributed by atoms with Crippen LogP contribution in [0.15, 0.2) is 43.0 Å². The first-order valence-electron chi connectivity index (χ1n) is 8.65. The Bertz CT molecular complexity index is 770. The quantitative estimate of drug-likeness (QED) is 0.442. The van der Waals surface area contributed by atoms with Crippen LogP contribution in [0.25, 0.3) is 0 Å². The topological polar surface area (TPSA) is 88.1 Å². The molecule has 2 aliphatic rings. The van der Waals surface area contributed by atoms with E-state index < -0.39 is 47.2 Å². The fraction of sp³-hybridized carbons (Fsp3) is 0.450. The molecule has 0 unspecified atom stereocenters. The number of cyclic esters (lactones) is 1. The molecule has 2 saturated heterocycles. The van der Waals surface area contributed by atoms with Crippen molar-refractivity contribution in [3.05, 3.63) is 48.6 Å². The standard InChI is InChI=1S/C20H22O7/c1-5-14(13-9-7-6-8-10-13)20(26-12(2)21)16(22)18(23)25-17(20)15-11-24-19(3,4)27-15/h5-10,14-15,17H,1,11H2,2-4H3/t14-,15-,17+,20+/m0/s1. The van der Waals surface area contributed by atoms with Crippen LogP contribution >= 0.6 is 0 Å². The van der Waals surface area contributed by atoms with E-state index in [9.17, 15) is 14.4 Å². The van der Waals surface area contributed by atoms with Crippen molar-refractivity contribution in [2.75, 3.05) is 6.61 Å². The summed E-state index contributed by atoms with van der Waals surface area (Å²) in [6.45, 7) is 8.48. The van der Waals surface area contributed by atoms with Gasteiger partial charge in [-0.1, -0.05) is 36.4 Å². The third-order valence-corrected chi connectivity index (χ3v) is 4.73. The summed E-state index contributed by atoms with van der Waals surface area (Å²) in [7, 11) is 0. The Morgan fingerprint density at radius 3 is 2.48 bits per heavy atom. The van der Waals surface area contributed by atoms with E-state index in [0.717, 1.165) is 0 Å². The zero-order valence-electron chi connectivity index (χ0n) is 15.5. The Morgan fingerprint density at radius 1 is 1.30 bits per heavy atom. The van der Waals surface area contributed by atoms with Crippen LogP contribution in [0.5, 0.6) is 0 Å². The predicted molar refractivity (Wildman–Crippen MR) is 93.7 cm³/mol. The van der Waals surface area contributed by atoms with Crippen molar-refractivity contribution in [1.29, 1.82) is 0 Å². The molecule has 144 valence electrons. The molecule has 1 aromatic rings. The largest absolute Gasteiger partial charge is 0.449 e. The number of carbonyl (C=O) groups excluding carboxylic acids is 3.